The quantitative estimate of drug-likeness (QED) is 0.344. The Bertz CT molecular complexity index is 1360. The van der Waals surface area contributed by atoms with Crippen LogP contribution in [0.1, 0.15) is 24.7 Å². The number of halogens is 4. The molecule has 0 aliphatic heterocycles. The van der Waals surface area contributed by atoms with E-state index in [1.165, 1.54) is 6.07 Å². The van der Waals surface area contributed by atoms with Gasteiger partial charge < -0.3 is 4.52 Å². The summed E-state index contributed by atoms with van der Waals surface area (Å²) >= 11 is 0. The molecule has 1 fully saturated rings. The Morgan fingerprint density at radius 2 is 1.81 bits per heavy atom. The second-order valence-corrected chi connectivity index (χ2v) is 7.16. The SMILES string of the molecule is Cl.Cl.Cl.Fc1ccccc1-c1[nH]ncc1-c1ccc2ncc(-c3noc(C4CC4)n3)n2c1. The van der Waals surface area contributed by atoms with Gasteiger partial charge in [0.2, 0.25) is 11.7 Å². The summed E-state index contributed by atoms with van der Waals surface area (Å²) in [6, 6.07) is 10.5. The number of nitrogens with zero attached hydrogens (tertiary/aromatic N) is 5. The molecule has 0 atom stereocenters. The van der Waals surface area contributed by atoms with Crippen molar-refractivity contribution >= 4 is 42.9 Å². The first-order chi connectivity index (χ1) is 14.3. The van der Waals surface area contributed by atoms with E-state index in [2.05, 4.69) is 25.3 Å². The molecule has 32 heavy (non-hydrogen) atoms. The van der Waals surface area contributed by atoms with Crippen LogP contribution in [0.3, 0.4) is 0 Å². The van der Waals surface area contributed by atoms with Crippen molar-refractivity contribution < 1.29 is 8.91 Å². The van der Waals surface area contributed by atoms with Crippen molar-refractivity contribution in [1.82, 2.24) is 29.7 Å². The summed E-state index contributed by atoms with van der Waals surface area (Å²) in [4.78, 5) is 8.97. The molecule has 4 aromatic heterocycles. The Morgan fingerprint density at radius 1 is 1.00 bits per heavy atom. The van der Waals surface area contributed by atoms with Crippen LogP contribution in [0, 0.1) is 5.82 Å². The maximum Gasteiger partial charge on any atom is 0.230 e. The molecule has 1 aromatic carbocycles. The van der Waals surface area contributed by atoms with E-state index in [9.17, 15) is 4.39 Å². The van der Waals surface area contributed by atoms with Crippen molar-refractivity contribution in [1.29, 1.82) is 0 Å². The molecule has 1 N–H and O–H groups in total. The van der Waals surface area contributed by atoms with Crippen LogP contribution in [-0.4, -0.2) is 29.7 Å². The van der Waals surface area contributed by atoms with Crippen LogP contribution in [-0.2, 0) is 0 Å². The number of pyridine rings is 1. The summed E-state index contributed by atoms with van der Waals surface area (Å²) in [6.45, 7) is 0. The average molecular weight is 496 g/mol. The number of hydrogen-bond acceptors (Lipinski definition) is 5. The molecule has 5 aromatic rings. The van der Waals surface area contributed by atoms with Crippen molar-refractivity contribution in [2.45, 2.75) is 18.8 Å². The van der Waals surface area contributed by atoms with E-state index < -0.39 is 0 Å². The molecule has 11 heteroatoms. The molecule has 0 spiro atoms. The topological polar surface area (TPSA) is 84.9 Å². The summed E-state index contributed by atoms with van der Waals surface area (Å²) in [5.74, 6) is 1.28. The highest BCUT2D eigenvalue weighted by atomic mass is 35.5. The molecule has 0 radical (unpaired) electrons. The summed E-state index contributed by atoms with van der Waals surface area (Å²) in [7, 11) is 0. The van der Waals surface area contributed by atoms with E-state index in [4.69, 9.17) is 4.52 Å². The van der Waals surface area contributed by atoms with E-state index in [-0.39, 0.29) is 43.0 Å². The number of aromatic amines is 1. The van der Waals surface area contributed by atoms with Crippen molar-refractivity contribution in [2.24, 2.45) is 0 Å². The van der Waals surface area contributed by atoms with Crippen molar-refractivity contribution in [2.75, 3.05) is 0 Å². The zero-order chi connectivity index (χ0) is 19.4. The van der Waals surface area contributed by atoms with Gasteiger partial charge in [-0.05, 0) is 37.1 Å². The zero-order valence-corrected chi connectivity index (χ0v) is 18.9. The van der Waals surface area contributed by atoms with Gasteiger partial charge in [0.1, 0.15) is 17.2 Å². The molecule has 0 bridgehead atoms. The number of fused-ring (bicyclic) bond motifs is 1. The van der Waals surface area contributed by atoms with Crippen LogP contribution in [0.4, 0.5) is 4.39 Å². The fourth-order valence-corrected chi connectivity index (χ4v) is 3.51. The fraction of sp³-hybridized carbons (Fsp3) is 0.143. The van der Waals surface area contributed by atoms with Gasteiger partial charge in [0.05, 0.1) is 18.1 Å². The van der Waals surface area contributed by atoms with Gasteiger partial charge in [-0.2, -0.15) is 10.1 Å². The second-order valence-electron chi connectivity index (χ2n) is 7.16. The first-order valence-electron chi connectivity index (χ1n) is 9.37. The van der Waals surface area contributed by atoms with Crippen LogP contribution in [0.25, 0.3) is 39.5 Å². The molecule has 1 aliphatic carbocycles. The van der Waals surface area contributed by atoms with Crippen molar-refractivity contribution in [3.05, 3.63) is 66.7 Å². The van der Waals surface area contributed by atoms with E-state index >= 15 is 0 Å². The van der Waals surface area contributed by atoms with Gasteiger partial charge >= 0.3 is 0 Å². The van der Waals surface area contributed by atoms with Crippen molar-refractivity contribution in [3.63, 3.8) is 0 Å². The average Bonchev–Trinajstić information content (AvgIpc) is 3.15. The van der Waals surface area contributed by atoms with Crippen LogP contribution < -0.4 is 0 Å². The molecular formula is C21H18Cl3FN6O. The van der Waals surface area contributed by atoms with Gasteiger partial charge in [-0.1, -0.05) is 17.3 Å². The molecule has 166 valence electrons. The predicted molar refractivity (Wildman–Crippen MR) is 125 cm³/mol. The Balaban J connectivity index is 0.000000963. The van der Waals surface area contributed by atoms with Gasteiger partial charge in [0.25, 0.3) is 0 Å². The third-order valence-electron chi connectivity index (χ3n) is 5.20. The highest BCUT2D eigenvalue weighted by molar-refractivity contribution is 5.86. The number of benzene rings is 1. The molecule has 4 heterocycles. The van der Waals surface area contributed by atoms with Crippen molar-refractivity contribution in [3.8, 4) is 33.9 Å². The summed E-state index contributed by atoms with van der Waals surface area (Å²) in [6.07, 6.45) is 7.55. The first kappa shape index (κ1) is 23.7. The van der Waals surface area contributed by atoms with E-state index in [0.29, 0.717) is 28.9 Å². The smallest absolute Gasteiger partial charge is 0.230 e. The number of nitrogens with one attached hydrogen (secondary N) is 1. The molecule has 0 amide bonds. The molecule has 1 aliphatic rings. The van der Waals surface area contributed by atoms with Gasteiger partial charge in [0, 0.05) is 28.8 Å². The van der Waals surface area contributed by atoms with Crippen LogP contribution in [0.15, 0.2) is 59.5 Å². The third kappa shape index (κ3) is 3.97. The van der Waals surface area contributed by atoms with E-state index in [1.54, 1.807) is 30.6 Å². The number of hydrogen-bond donors (Lipinski definition) is 1. The Kier molecular flexibility index (Phi) is 6.88. The van der Waals surface area contributed by atoms with E-state index in [1.807, 2.05) is 22.7 Å². The Labute approximate surface area is 200 Å². The van der Waals surface area contributed by atoms with Gasteiger partial charge in [-0.25, -0.2) is 9.37 Å². The molecule has 1 saturated carbocycles. The zero-order valence-electron chi connectivity index (χ0n) is 16.4. The minimum absolute atomic E-state index is 0. The molecule has 0 unspecified atom stereocenters. The normalized spacial score (nSPS) is 12.7. The Morgan fingerprint density at radius 3 is 2.59 bits per heavy atom. The standard InChI is InChI=1S/C21H15FN6O.3ClH/c22-16-4-2-1-3-14(16)19-15(9-24-26-19)13-7-8-18-23-10-17(28(18)11-13)20-25-21(29-27-20)12-5-6-12;;;/h1-4,7-12H,5-6H2,(H,24,26);3*1H. The first-order valence-corrected chi connectivity index (χ1v) is 9.37. The van der Waals surface area contributed by atoms with Gasteiger partial charge in [-0.15, -0.1) is 37.2 Å². The molecule has 6 rings (SSSR count). The molecule has 7 nitrogen and oxygen atoms in total. The highest BCUT2D eigenvalue weighted by Gasteiger charge is 2.30. The van der Waals surface area contributed by atoms with E-state index in [0.717, 1.165) is 35.3 Å². The third-order valence-corrected chi connectivity index (χ3v) is 5.20. The largest absolute Gasteiger partial charge is 0.339 e. The maximum atomic E-state index is 14.3. The molecular weight excluding hydrogens is 478 g/mol. The lowest BCUT2D eigenvalue weighted by Crippen LogP contribution is -1.92. The number of rotatable bonds is 4. The minimum atomic E-state index is -0.304. The lowest BCUT2D eigenvalue weighted by Gasteiger charge is -2.06. The fourth-order valence-electron chi connectivity index (χ4n) is 3.51. The predicted octanol–water partition coefficient (Wildman–Crippen LogP) is 5.72. The summed E-state index contributed by atoms with van der Waals surface area (Å²) < 4.78 is 21.6. The molecule has 0 saturated heterocycles. The highest BCUT2D eigenvalue weighted by Crippen LogP contribution is 2.39. The van der Waals surface area contributed by atoms with Crippen LogP contribution in [0.2, 0.25) is 0 Å². The number of imidazole rings is 1. The summed E-state index contributed by atoms with van der Waals surface area (Å²) in [5, 5.41) is 11.2. The second kappa shape index (κ2) is 9.28. The monoisotopic (exact) mass is 494 g/mol. The van der Waals surface area contributed by atoms with Gasteiger partial charge in [-0.3, -0.25) is 9.50 Å². The van der Waals surface area contributed by atoms with Gasteiger partial charge in [0.15, 0.2) is 0 Å². The maximum absolute atomic E-state index is 14.3. The number of aromatic nitrogens is 6. The lowest BCUT2D eigenvalue weighted by molar-refractivity contribution is 0.380. The Hall–Kier alpha value is -2.94. The minimum Gasteiger partial charge on any atom is -0.339 e. The summed E-state index contributed by atoms with van der Waals surface area (Å²) in [5.41, 5.74) is 4.27. The lowest BCUT2D eigenvalue weighted by atomic mass is 10.0. The van der Waals surface area contributed by atoms with Crippen LogP contribution >= 0.6 is 37.2 Å². The number of H-pyrrole nitrogens is 1. The van der Waals surface area contributed by atoms with Crippen LogP contribution in [0.5, 0.6) is 0 Å².